The van der Waals surface area contributed by atoms with Crippen molar-refractivity contribution in [3.05, 3.63) is 53.8 Å². The molecule has 0 unspecified atom stereocenters. The van der Waals surface area contributed by atoms with Crippen molar-refractivity contribution in [2.24, 2.45) is 5.92 Å². The molecule has 1 heterocycles. The standard InChI is InChI=1S/C19H26N2O3S/c1-15(17-9-10-17)21(13-16-7-5-4-6-8-16)14-18-11-12-19(24-18)25(22,23)20(2)3/h4-8,11-12,15,17H,9-10,13-14H2,1-3H3/t15-/m1/s1. The molecule has 1 aliphatic carbocycles. The molecule has 136 valence electrons. The first kappa shape index (κ1) is 18.2. The average molecular weight is 362 g/mol. The largest absolute Gasteiger partial charge is 0.447 e. The van der Waals surface area contributed by atoms with E-state index in [0.29, 0.717) is 18.3 Å². The molecule has 0 amide bonds. The van der Waals surface area contributed by atoms with Crippen molar-refractivity contribution in [2.75, 3.05) is 14.1 Å². The van der Waals surface area contributed by atoms with Crippen LogP contribution in [0.25, 0.3) is 0 Å². The summed E-state index contributed by atoms with van der Waals surface area (Å²) >= 11 is 0. The number of rotatable bonds is 8. The summed E-state index contributed by atoms with van der Waals surface area (Å²) in [4.78, 5) is 2.37. The second-order valence-corrected chi connectivity index (χ2v) is 9.06. The molecule has 1 aromatic heterocycles. The van der Waals surface area contributed by atoms with E-state index in [1.807, 2.05) is 18.2 Å². The van der Waals surface area contributed by atoms with Gasteiger partial charge in [0.2, 0.25) is 5.09 Å². The maximum absolute atomic E-state index is 12.2. The zero-order chi connectivity index (χ0) is 18.0. The normalized spacial score (nSPS) is 16.5. The van der Waals surface area contributed by atoms with Crippen LogP contribution < -0.4 is 0 Å². The summed E-state index contributed by atoms with van der Waals surface area (Å²) in [5.41, 5.74) is 1.25. The van der Waals surface area contributed by atoms with Crippen LogP contribution in [0, 0.1) is 5.92 Å². The number of furan rings is 1. The van der Waals surface area contributed by atoms with Gasteiger partial charge in [-0.05, 0) is 43.4 Å². The molecule has 1 aromatic carbocycles. The van der Waals surface area contributed by atoms with E-state index < -0.39 is 10.0 Å². The number of hydrogen-bond donors (Lipinski definition) is 0. The molecule has 3 rings (SSSR count). The predicted molar refractivity (Wildman–Crippen MR) is 97.5 cm³/mol. The quantitative estimate of drug-likeness (QED) is 0.723. The first-order chi connectivity index (χ1) is 11.9. The van der Waals surface area contributed by atoms with Gasteiger partial charge in [-0.25, -0.2) is 12.7 Å². The summed E-state index contributed by atoms with van der Waals surface area (Å²) in [6.45, 7) is 3.69. The molecular weight excluding hydrogens is 336 g/mol. The Bertz CT molecular complexity index is 795. The molecule has 2 aromatic rings. The van der Waals surface area contributed by atoms with Crippen molar-refractivity contribution in [3.8, 4) is 0 Å². The maximum atomic E-state index is 12.2. The molecule has 1 saturated carbocycles. The monoisotopic (exact) mass is 362 g/mol. The van der Waals surface area contributed by atoms with Gasteiger partial charge in [-0.2, -0.15) is 0 Å². The van der Waals surface area contributed by atoms with E-state index in [2.05, 4.69) is 24.0 Å². The third-order valence-electron chi connectivity index (χ3n) is 4.84. The van der Waals surface area contributed by atoms with Crippen LogP contribution in [0.4, 0.5) is 0 Å². The molecular formula is C19H26N2O3S. The van der Waals surface area contributed by atoms with Crippen LogP contribution in [0.3, 0.4) is 0 Å². The molecule has 0 saturated heterocycles. The molecule has 0 aliphatic heterocycles. The summed E-state index contributed by atoms with van der Waals surface area (Å²) in [6, 6.07) is 14.1. The Kier molecular flexibility index (Phi) is 5.32. The van der Waals surface area contributed by atoms with Crippen LogP contribution in [0.2, 0.25) is 0 Å². The predicted octanol–water partition coefficient (Wildman–Crippen LogP) is 3.33. The highest BCUT2D eigenvalue weighted by atomic mass is 32.2. The summed E-state index contributed by atoms with van der Waals surface area (Å²) < 4.78 is 31.2. The fourth-order valence-corrected chi connectivity index (χ4v) is 3.81. The lowest BCUT2D eigenvalue weighted by atomic mass is 10.1. The van der Waals surface area contributed by atoms with Crippen LogP contribution in [0.1, 0.15) is 31.1 Å². The zero-order valence-electron chi connectivity index (χ0n) is 15.1. The van der Waals surface area contributed by atoms with Crippen LogP contribution in [-0.2, 0) is 23.1 Å². The van der Waals surface area contributed by atoms with E-state index in [9.17, 15) is 8.42 Å². The lowest BCUT2D eigenvalue weighted by molar-refractivity contribution is 0.155. The van der Waals surface area contributed by atoms with Gasteiger partial charge < -0.3 is 4.42 Å². The molecule has 5 nitrogen and oxygen atoms in total. The van der Waals surface area contributed by atoms with Crippen LogP contribution in [0.5, 0.6) is 0 Å². The lowest BCUT2D eigenvalue weighted by Gasteiger charge is -2.28. The Labute approximate surface area is 150 Å². The maximum Gasteiger partial charge on any atom is 0.275 e. The fraction of sp³-hybridized carbons (Fsp3) is 0.474. The van der Waals surface area contributed by atoms with Gasteiger partial charge in [0.25, 0.3) is 10.0 Å². The topological polar surface area (TPSA) is 53.8 Å². The van der Waals surface area contributed by atoms with E-state index in [1.54, 1.807) is 12.1 Å². The van der Waals surface area contributed by atoms with E-state index in [1.165, 1.54) is 36.8 Å². The van der Waals surface area contributed by atoms with Crippen molar-refractivity contribution >= 4 is 10.0 Å². The fourth-order valence-electron chi connectivity index (χ4n) is 3.00. The third-order valence-corrected chi connectivity index (χ3v) is 6.53. The second-order valence-electron chi connectivity index (χ2n) is 6.98. The minimum Gasteiger partial charge on any atom is -0.447 e. The van der Waals surface area contributed by atoms with Gasteiger partial charge in [0.05, 0.1) is 6.54 Å². The Morgan fingerprint density at radius 3 is 2.36 bits per heavy atom. The molecule has 1 atom stereocenters. The zero-order valence-corrected chi connectivity index (χ0v) is 15.9. The van der Waals surface area contributed by atoms with Crippen LogP contribution >= 0.6 is 0 Å². The van der Waals surface area contributed by atoms with Gasteiger partial charge in [-0.3, -0.25) is 4.90 Å². The number of benzene rings is 1. The molecule has 0 bridgehead atoms. The van der Waals surface area contributed by atoms with Crippen molar-refractivity contribution in [2.45, 2.75) is 44.0 Å². The Morgan fingerprint density at radius 2 is 1.76 bits per heavy atom. The summed E-state index contributed by atoms with van der Waals surface area (Å²) in [7, 11) is -0.510. The van der Waals surface area contributed by atoms with Crippen LogP contribution in [0.15, 0.2) is 52.0 Å². The van der Waals surface area contributed by atoms with E-state index >= 15 is 0 Å². The Balaban J connectivity index is 1.77. The third kappa shape index (κ3) is 4.32. The van der Waals surface area contributed by atoms with E-state index in [-0.39, 0.29) is 5.09 Å². The van der Waals surface area contributed by atoms with Crippen molar-refractivity contribution in [1.82, 2.24) is 9.21 Å². The summed E-state index contributed by atoms with van der Waals surface area (Å²) in [5.74, 6) is 1.41. The van der Waals surface area contributed by atoms with Crippen molar-refractivity contribution in [3.63, 3.8) is 0 Å². The first-order valence-electron chi connectivity index (χ1n) is 8.67. The second kappa shape index (κ2) is 7.32. The lowest BCUT2D eigenvalue weighted by Crippen LogP contribution is -2.33. The number of hydrogen-bond acceptors (Lipinski definition) is 4. The molecule has 0 radical (unpaired) electrons. The highest BCUT2D eigenvalue weighted by Gasteiger charge is 2.32. The minimum atomic E-state index is -3.53. The van der Waals surface area contributed by atoms with Crippen molar-refractivity contribution in [1.29, 1.82) is 0 Å². The van der Waals surface area contributed by atoms with Gasteiger partial charge in [-0.1, -0.05) is 30.3 Å². The summed E-state index contributed by atoms with van der Waals surface area (Å²) in [5, 5.41) is 0.00577. The number of nitrogens with zero attached hydrogens (tertiary/aromatic N) is 2. The molecule has 0 spiro atoms. The average Bonchev–Trinajstić information content (AvgIpc) is 3.33. The smallest absolute Gasteiger partial charge is 0.275 e. The van der Waals surface area contributed by atoms with Crippen LogP contribution in [-0.4, -0.2) is 37.8 Å². The van der Waals surface area contributed by atoms with Gasteiger partial charge in [-0.15, -0.1) is 0 Å². The van der Waals surface area contributed by atoms with E-state index in [4.69, 9.17) is 4.42 Å². The van der Waals surface area contributed by atoms with Gasteiger partial charge in [0.1, 0.15) is 5.76 Å². The molecule has 25 heavy (non-hydrogen) atoms. The molecule has 0 N–H and O–H groups in total. The molecule has 6 heteroatoms. The molecule has 1 aliphatic rings. The van der Waals surface area contributed by atoms with E-state index in [0.717, 1.165) is 12.5 Å². The highest BCUT2D eigenvalue weighted by molar-refractivity contribution is 7.88. The van der Waals surface area contributed by atoms with Gasteiger partial charge in [0, 0.05) is 26.7 Å². The summed E-state index contributed by atoms with van der Waals surface area (Å²) in [6.07, 6.45) is 2.54. The van der Waals surface area contributed by atoms with Crippen molar-refractivity contribution < 1.29 is 12.8 Å². The number of sulfonamides is 1. The minimum absolute atomic E-state index is 0.00577. The SMILES string of the molecule is C[C@H](C1CC1)N(Cc1ccccc1)Cc1ccc(S(=O)(=O)N(C)C)o1. The van der Waals surface area contributed by atoms with Gasteiger partial charge >= 0.3 is 0 Å². The van der Waals surface area contributed by atoms with Gasteiger partial charge in [0.15, 0.2) is 0 Å². The first-order valence-corrected chi connectivity index (χ1v) is 10.1. The molecule has 1 fully saturated rings. The Hall–Kier alpha value is -1.63. The Morgan fingerprint density at radius 1 is 1.08 bits per heavy atom. The highest BCUT2D eigenvalue weighted by Crippen LogP contribution is 2.36.